The summed E-state index contributed by atoms with van der Waals surface area (Å²) in [6, 6.07) is 14.2. The van der Waals surface area contributed by atoms with E-state index in [4.69, 9.17) is 0 Å². The predicted molar refractivity (Wildman–Crippen MR) is 91.3 cm³/mol. The Labute approximate surface area is 140 Å². The third-order valence-corrected chi connectivity index (χ3v) is 5.76. The maximum atomic E-state index is 12.3. The van der Waals surface area contributed by atoms with E-state index in [1.54, 1.807) is 30.3 Å². The Bertz CT molecular complexity index is 880. The molecule has 0 aromatic heterocycles. The highest BCUT2D eigenvalue weighted by Crippen LogP contribution is 2.45. The molecule has 0 aliphatic rings. The molecule has 128 valence electrons. The van der Waals surface area contributed by atoms with Crippen molar-refractivity contribution in [1.82, 2.24) is 4.83 Å². The number of nitrogens with zero attached hydrogens (tertiary/aromatic N) is 1. The van der Waals surface area contributed by atoms with Crippen molar-refractivity contribution in [3.63, 3.8) is 0 Å². The monoisotopic (exact) mass is 368 g/mol. The van der Waals surface area contributed by atoms with E-state index in [2.05, 4.69) is 9.63 Å². The second-order valence-corrected chi connectivity index (χ2v) is 8.40. The summed E-state index contributed by atoms with van der Waals surface area (Å²) in [4.78, 5) is 11.9. The number of aryl methyl sites for hydroxylation is 1. The van der Waals surface area contributed by atoms with E-state index in [0.717, 1.165) is 12.7 Å². The van der Waals surface area contributed by atoms with Gasteiger partial charge in [0.15, 0.2) is 5.45 Å². The van der Waals surface area contributed by atoms with Crippen molar-refractivity contribution in [3.05, 3.63) is 65.7 Å². The van der Waals surface area contributed by atoms with E-state index >= 15 is 0 Å². The molecule has 24 heavy (non-hydrogen) atoms. The fourth-order valence-corrected chi connectivity index (χ4v) is 3.54. The second-order valence-electron chi connectivity index (χ2n) is 4.91. The molecule has 0 saturated carbocycles. The lowest BCUT2D eigenvalue weighted by molar-refractivity contribution is 0.331. The molecule has 2 N–H and O–H groups in total. The third-order valence-electron chi connectivity index (χ3n) is 3.15. The molecule has 0 radical (unpaired) electrons. The van der Waals surface area contributed by atoms with Crippen LogP contribution in [0.15, 0.2) is 64.6 Å². The highest BCUT2D eigenvalue weighted by Gasteiger charge is 2.29. The van der Waals surface area contributed by atoms with Crippen molar-refractivity contribution < 1.29 is 22.4 Å². The first-order valence-corrected chi connectivity index (χ1v) is 9.93. The van der Waals surface area contributed by atoms with Crippen LogP contribution in [-0.4, -0.2) is 25.9 Å². The molecule has 0 fully saturated rings. The lowest BCUT2D eigenvalue weighted by atomic mass is 10.2. The predicted octanol–water partition coefficient (Wildman–Crippen LogP) is 2.47. The third kappa shape index (κ3) is 4.30. The first-order chi connectivity index (χ1) is 11.3. The van der Waals surface area contributed by atoms with Gasteiger partial charge in [-0.1, -0.05) is 48.0 Å². The van der Waals surface area contributed by atoms with E-state index in [1.165, 1.54) is 24.3 Å². The molecule has 0 heterocycles. The molecule has 1 unspecified atom stereocenters. The summed E-state index contributed by atoms with van der Waals surface area (Å²) in [6.07, 6.45) is 0. The van der Waals surface area contributed by atoms with Gasteiger partial charge >= 0.3 is 7.60 Å². The van der Waals surface area contributed by atoms with E-state index in [1.807, 2.05) is 11.8 Å². The van der Waals surface area contributed by atoms with Gasteiger partial charge in [-0.15, -0.1) is 0 Å². The molecule has 9 heteroatoms. The first-order valence-electron chi connectivity index (χ1n) is 6.87. The van der Waals surface area contributed by atoms with Crippen molar-refractivity contribution in [2.45, 2.75) is 11.8 Å². The number of hydrogen-bond donors (Lipinski definition) is 2. The summed E-state index contributed by atoms with van der Waals surface area (Å²) in [5.41, 5.74) is 0.791. The van der Waals surface area contributed by atoms with Gasteiger partial charge in [0.05, 0.1) is 4.90 Å². The first kappa shape index (κ1) is 18.4. The van der Waals surface area contributed by atoms with Gasteiger partial charge < -0.3 is 9.42 Å². The van der Waals surface area contributed by atoms with Crippen LogP contribution in [0.1, 0.15) is 11.1 Å². The lowest BCUT2D eigenvalue weighted by Gasteiger charge is -2.13. The zero-order valence-electron chi connectivity index (χ0n) is 13.1. The number of rotatable bonds is 6. The van der Waals surface area contributed by atoms with E-state index < -0.39 is 17.6 Å². The van der Waals surface area contributed by atoms with Crippen LogP contribution in [0, 0.1) is 6.92 Å². The molecule has 2 rings (SSSR count). The Morgan fingerprint density at radius 1 is 1.12 bits per heavy atom. The minimum absolute atomic E-state index is 0.00514. The quantitative estimate of drug-likeness (QED) is 0.463. The average Bonchev–Trinajstić information content (AvgIpc) is 2.56. The molecule has 0 spiro atoms. The smallest absolute Gasteiger partial charge is 0.320 e. The van der Waals surface area contributed by atoms with Gasteiger partial charge in [0, 0.05) is 12.7 Å². The van der Waals surface area contributed by atoms with Crippen molar-refractivity contribution in [1.29, 1.82) is 0 Å². The molecule has 2 aromatic rings. The van der Waals surface area contributed by atoms with Crippen LogP contribution in [0.5, 0.6) is 0 Å². The van der Waals surface area contributed by atoms with Crippen LogP contribution >= 0.6 is 7.60 Å². The highest BCUT2D eigenvalue weighted by atomic mass is 32.2. The molecule has 1 atom stereocenters. The summed E-state index contributed by atoms with van der Waals surface area (Å²) in [7, 11) is -7.19. The maximum absolute atomic E-state index is 12.3. The number of hydrazone groups is 1. The minimum atomic E-state index is -4.27. The summed E-state index contributed by atoms with van der Waals surface area (Å²) in [5, 5.41) is 3.65. The summed E-state index contributed by atoms with van der Waals surface area (Å²) < 4.78 is 41.3. The fraction of sp³-hybridized carbons (Fsp3) is 0.133. The van der Waals surface area contributed by atoms with Gasteiger partial charge in [-0.05, 0) is 19.1 Å². The van der Waals surface area contributed by atoms with Gasteiger partial charge in [0.1, 0.15) is 0 Å². The highest BCUT2D eigenvalue weighted by molar-refractivity contribution is 7.89. The molecule has 0 saturated heterocycles. The van der Waals surface area contributed by atoms with Crippen LogP contribution in [-0.2, 0) is 19.1 Å². The number of sulfonamides is 1. The van der Waals surface area contributed by atoms with E-state index in [-0.39, 0.29) is 15.9 Å². The van der Waals surface area contributed by atoms with Gasteiger partial charge in [0.2, 0.25) is 0 Å². The van der Waals surface area contributed by atoms with Gasteiger partial charge in [-0.3, -0.25) is 4.57 Å². The van der Waals surface area contributed by atoms with Crippen LogP contribution < -0.4 is 4.83 Å². The molecule has 0 aliphatic carbocycles. The number of benzene rings is 2. The summed E-state index contributed by atoms with van der Waals surface area (Å²) in [6.45, 7) is 1.83. The Hall–Kier alpha value is -1.99. The molecule has 0 bridgehead atoms. The Balaban J connectivity index is 2.41. The van der Waals surface area contributed by atoms with Crippen LogP contribution in [0.2, 0.25) is 0 Å². The lowest BCUT2D eigenvalue weighted by Crippen LogP contribution is -2.21. The Morgan fingerprint density at radius 2 is 1.71 bits per heavy atom. The van der Waals surface area contributed by atoms with Crippen molar-refractivity contribution >= 4 is 23.1 Å². The van der Waals surface area contributed by atoms with Gasteiger partial charge in [0.25, 0.3) is 10.0 Å². The van der Waals surface area contributed by atoms with Crippen molar-refractivity contribution in [3.8, 4) is 0 Å². The summed E-state index contributed by atoms with van der Waals surface area (Å²) in [5.74, 6) is 0. The van der Waals surface area contributed by atoms with Crippen molar-refractivity contribution in [2.75, 3.05) is 7.11 Å². The fourth-order valence-electron chi connectivity index (χ4n) is 1.84. The average molecular weight is 368 g/mol. The molecule has 0 aliphatic heterocycles. The number of nitrogens with one attached hydrogen (secondary N) is 1. The van der Waals surface area contributed by atoms with Crippen LogP contribution in [0.25, 0.3) is 0 Å². The molecular weight excluding hydrogens is 351 g/mol. The largest absolute Gasteiger partial charge is 0.379 e. The van der Waals surface area contributed by atoms with E-state index in [9.17, 15) is 17.9 Å². The van der Waals surface area contributed by atoms with Crippen LogP contribution in [0.4, 0.5) is 0 Å². The number of hydrogen-bond acceptors (Lipinski definition) is 5. The van der Waals surface area contributed by atoms with Gasteiger partial charge in [-0.25, -0.2) is 0 Å². The molecule has 0 amide bonds. The molecule has 2 aromatic carbocycles. The van der Waals surface area contributed by atoms with Crippen molar-refractivity contribution in [2.24, 2.45) is 5.10 Å². The maximum Gasteiger partial charge on any atom is 0.379 e. The van der Waals surface area contributed by atoms with E-state index in [0.29, 0.717) is 0 Å². The van der Waals surface area contributed by atoms with Crippen LogP contribution in [0.3, 0.4) is 0 Å². The molecule has 7 nitrogen and oxygen atoms in total. The Kier molecular flexibility index (Phi) is 5.56. The van der Waals surface area contributed by atoms with Gasteiger partial charge in [-0.2, -0.15) is 18.4 Å². The molecular formula is C15H17N2O5PS. The normalized spacial score (nSPS) is 14.9. The Morgan fingerprint density at radius 3 is 2.25 bits per heavy atom. The standard InChI is InChI=1S/C15H17N2O5PS/c1-12-8-10-14(11-9-12)24(20,21)17-16-15(23(18,19)22-2)13-6-4-3-5-7-13/h3-11,17H,1-2H3,(H,18,19). The zero-order chi connectivity index (χ0) is 17.8. The second kappa shape index (κ2) is 7.27. The topological polar surface area (TPSA) is 105 Å². The zero-order valence-corrected chi connectivity index (χ0v) is 14.8. The SMILES string of the molecule is COP(=O)(O)C(=NNS(=O)(=O)c1ccc(C)cc1)c1ccccc1. The summed E-state index contributed by atoms with van der Waals surface area (Å²) >= 11 is 0. The minimum Gasteiger partial charge on any atom is -0.320 e.